The molecule has 0 saturated carbocycles. The maximum absolute atomic E-state index is 12.5. The molecule has 17 heavy (non-hydrogen) atoms. The van der Waals surface area contributed by atoms with Gasteiger partial charge in [-0.25, -0.2) is 4.39 Å². The van der Waals surface area contributed by atoms with Crippen molar-refractivity contribution in [3.63, 3.8) is 0 Å². The minimum atomic E-state index is -0.334. The summed E-state index contributed by atoms with van der Waals surface area (Å²) < 4.78 is 17.7. The van der Waals surface area contributed by atoms with Gasteiger partial charge in [0.2, 0.25) is 0 Å². The number of ether oxygens (including phenoxy) is 1. The quantitative estimate of drug-likeness (QED) is 0.755. The minimum Gasteiger partial charge on any atom is -0.484 e. The van der Waals surface area contributed by atoms with Crippen molar-refractivity contribution >= 4 is 18.3 Å². The number of amides is 1. The van der Waals surface area contributed by atoms with Gasteiger partial charge in [-0.1, -0.05) is 0 Å². The molecule has 1 aromatic carbocycles. The molecule has 1 amide bonds. The predicted octanol–water partition coefficient (Wildman–Crippen LogP) is 1.09. The molecule has 0 aromatic heterocycles. The molecule has 0 radical (unpaired) electrons. The standard InChI is InChI=1S/C11H15FN2O2.ClH/c12-9-2-4-10(5-3-9)16-8-11(15)14-7-1-6-13;/h2-5H,1,6-8,13H2,(H,14,15);1H. The van der Waals surface area contributed by atoms with Crippen molar-refractivity contribution in [1.29, 1.82) is 0 Å². The van der Waals surface area contributed by atoms with E-state index in [1.807, 2.05) is 0 Å². The molecule has 0 aliphatic carbocycles. The van der Waals surface area contributed by atoms with E-state index in [1.165, 1.54) is 24.3 Å². The zero-order chi connectivity index (χ0) is 11.8. The van der Waals surface area contributed by atoms with Crippen LogP contribution in [0.15, 0.2) is 24.3 Å². The van der Waals surface area contributed by atoms with Crippen LogP contribution in [-0.4, -0.2) is 25.6 Å². The van der Waals surface area contributed by atoms with Crippen LogP contribution in [0.3, 0.4) is 0 Å². The maximum Gasteiger partial charge on any atom is 0.257 e. The molecular weight excluding hydrogens is 247 g/mol. The fourth-order valence-electron chi connectivity index (χ4n) is 1.06. The fraction of sp³-hybridized carbons (Fsp3) is 0.364. The normalized spacial score (nSPS) is 9.29. The van der Waals surface area contributed by atoms with E-state index in [-0.39, 0.29) is 30.7 Å². The van der Waals surface area contributed by atoms with E-state index in [0.29, 0.717) is 18.8 Å². The molecule has 1 aromatic rings. The van der Waals surface area contributed by atoms with Gasteiger partial charge < -0.3 is 15.8 Å². The van der Waals surface area contributed by atoms with Crippen LogP contribution in [0.5, 0.6) is 5.75 Å². The van der Waals surface area contributed by atoms with Crippen LogP contribution in [0.2, 0.25) is 0 Å². The molecule has 0 saturated heterocycles. The summed E-state index contributed by atoms with van der Waals surface area (Å²) in [6.45, 7) is 1.01. The SMILES string of the molecule is Cl.NCCCNC(=O)COc1ccc(F)cc1. The highest BCUT2D eigenvalue weighted by Crippen LogP contribution is 2.10. The van der Waals surface area contributed by atoms with Gasteiger partial charge in [0.1, 0.15) is 11.6 Å². The van der Waals surface area contributed by atoms with Crippen LogP contribution in [-0.2, 0) is 4.79 Å². The molecule has 0 atom stereocenters. The lowest BCUT2D eigenvalue weighted by atomic mass is 10.3. The van der Waals surface area contributed by atoms with E-state index >= 15 is 0 Å². The molecule has 0 unspecified atom stereocenters. The Kier molecular flexibility index (Phi) is 8.09. The second-order valence-electron chi connectivity index (χ2n) is 3.23. The summed E-state index contributed by atoms with van der Waals surface area (Å²) in [7, 11) is 0. The van der Waals surface area contributed by atoms with Gasteiger partial charge in [0, 0.05) is 6.54 Å². The van der Waals surface area contributed by atoms with E-state index in [9.17, 15) is 9.18 Å². The molecule has 0 bridgehead atoms. The second kappa shape index (κ2) is 8.78. The van der Waals surface area contributed by atoms with Gasteiger partial charge in [0.05, 0.1) is 0 Å². The topological polar surface area (TPSA) is 64.3 Å². The Labute approximate surface area is 106 Å². The first kappa shape index (κ1) is 15.7. The first-order valence-electron chi connectivity index (χ1n) is 5.07. The lowest BCUT2D eigenvalue weighted by Crippen LogP contribution is -2.30. The van der Waals surface area contributed by atoms with E-state index in [4.69, 9.17) is 10.5 Å². The molecule has 1 rings (SSSR count). The number of carbonyl (C=O) groups excluding carboxylic acids is 1. The minimum absolute atomic E-state index is 0. The molecule has 3 N–H and O–H groups in total. The highest BCUT2D eigenvalue weighted by Gasteiger charge is 2.01. The number of halogens is 2. The average molecular weight is 263 g/mol. The van der Waals surface area contributed by atoms with Crippen molar-refractivity contribution in [2.45, 2.75) is 6.42 Å². The zero-order valence-electron chi connectivity index (χ0n) is 9.32. The number of carbonyl (C=O) groups is 1. The summed E-state index contributed by atoms with van der Waals surface area (Å²) in [4.78, 5) is 11.2. The van der Waals surface area contributed by atoms with Crippen LogP contribution in [0.1, 0.15) is 6.42 Å². The van der Waals surface area contributed by atoms with Crippen molar-refractivity contribution in [2.24, 2.45) is 5.73 Å². The van der Waals surface area contributed by atoms with Crippen molar-refractivity contribution < 1.29 is 13.9 Å². The first-order chi connectivity index (χ1) is 7.72. The molecule has 0 fully saturated rings. The lowest BCUT2D eigenvalue weighted by Gasteiger charge is -2.06. The zero-order valence-corrected chi connectivity index (χ0v) is 10.1. The highest BCUT2D eigenvalue weighted by molar-refractivity contribution is 5.85. The number of nitrogens with two attached hydrogens (primary N) is 1. The predicted molar refractivity (Wildman–Crippen MR) is 65.8 cm³/mol. The summed E-state index contributed by atoms with van der Waals surface area (Å²) in [5, 5.41) is 2.65. The van der Waals surface area contributed by atoms with E-state index in [2.05, 4.69) is 5.32 Å². The summed E-state index contributed by atoms with van der Waals surface area (Å²) in [6.07, 6.45) is 0.738. The highest BCUT2D eigenvalue weighted by atomic mass is 35.5. The van der Waals surface area contributed by atoms with Crippen LogP contribution in [0.25, 0.3) is 0 Å². The molecule has 0 heterocycles. The van der Waals surface area contributed by atoms with Gasteiger partial charge in [-0.3, -0.25) is 4.79 Å². The van der Waals surface area contributed by atoms with Gasteiger partial charge >= 0.3 is 0 Å². The summed E-state index contributed by atoms with van der Waals surface area (Å²) in [5.41, 5.74) is 5.28. The van der Waals surface area contributed by atoms with Gasteiger partial charge in [-0.15, -0.1) is 12.4 Å². The Morgan fingerprint density at radius 3 is 2.59 bits per heavy atom. The summed E-state index contributed by atoms with van der Waals surface area (Å²) in [5.74, 6) is -0.0760. The van der Waals surface area contributed by atoms with Crippen molar-refractivity contribution in [3.05, 3.63) is 30.1 Å². The number of nitrogens with one attached hydrogen (secondary N) is 1. The third-order valence-corrected chi connectivity index (χ3v) is 1.89. The van der Waals surface area contributed by atoms with Crippen LogP contribution in [0.4, 0.5) is 4.39 Å². The van der Waals surface area contributed by atoms with Gasteiger partial charge in [-0.2, -0.15) is 0 Å². The van der Waals surface area contributed by atoms with E-state index < -0.39 is 0 Å². The van der Waals surface area contributed by atoms with Gasteiger partial charge in [0.25, 0.3) is 5.91 Å². The average Bonchev–Trinajstić information content (AvgIpc) is 2.29. The third-order valence-electron chi connectivity index (χ3n) is 1.89. The third kappa shape index (κ3) is 6.76. The molecule has 0 aliphatic rings. The molecular formula is C11H16ClFN2O2. The molecule has 96 valence electrons. The summed E-state index contributed by atoms with van der Waals surface area (Å²) in [6, 6.07) is 5.51. The Balaban J connectivity index is 0.00000256. The number of hydrogen-bond acceptors (Lipinski definition) is 3. The Morgan fingerprint density at radius 2 is 2.00 bits per heavy atom. The Hall–Kier alpha value is -1.33. The summed E-state index contributed by atoms with van der Waals surface area (Å²) >= 11 is 0. The number of hydrogen-bond donors (Lipinski definition) is 2. The van der Waals surface area contributed by atoms with E-state index in [0.717, 1.165) is 6.42 Å². The fourth-order valence-corrected chi connectivity index (χ4v) is 1.06. The second-order valence-corrected chi connectivity index (χ2v) is 3.23. The van der Waals surface area contributed by atoms with Crippen molar-refractivity contribution in [2.75, 3.05) is 19.7 Å². The lowest BCUT2D eigenvalue weighted by molar-refractivity contribution is -0.123. The van der Waals surface area contributed by atoms with Crippen LogP contribution >= 0.6 is 12.4 Å². The van der Waals surface area contributed by atoms with E-state index in [1.54, 1.807) is 0 Å². The largest absolute Gasteiger partial charge is 0.484 e. The van der Waals surface area contributed by atoms with Gasteiger partial charge in [-0.05, 0) is 37.2 Å². The first-order valence-corrected chi connectivity index (χ1v) is 5.07. The van der Waals surface area contributed by atoms with Crippen LogP contribution < -0.4 is 15.8 Å². The number of rotatable bonds is 6. The molecule has 0 aliphatic heterocycles. The number of benzene rings is 1. The van der Waals surface area contributed by atoms with Crippen molar-refractivity contribution in [3.8, 4) is 5.75 Å². The Morgan fingerprint density at radius 1 is 1.35 bits per heavy atom. The molecule has 6 heteroatoms. The molecule has 0 spiro atoms. The smallest absolute Gasteiger partial charge is 0.257 e. The Bertz CT molecular complexity index is 333. The maximum atomic E-state index is 12.5. The monoisotopic (exact) mass is 262 g/mol. The van der Waals surface area contributed by atoms with Crippen LogP contribution in [0, 0.1) is 5.82 Å². The van der Waals surface area contributed by atoms with Gasteiger partial charge in [0.15, 0.2) is 6.61 Å². The van der Waals surface area contributed by atoms with Crippen molar-refractivity contribution in [1.82, 2.24) is 5.32 Å². The molecule has 4 nitrogen and oxygen atoms in total.